The number of anilines is 2. The molecule has 5 rings (SSSR count). The van der Waals surface area contributed by atoms with Crippen LogP contribution in [0.4, 0.5) is 11.4 Å². The molecule has 1 aromatic heterocycles. The summed E-state index contributed by atoms with van der Waals surface area (Å²) in [5.74, 6) is 0.432. The molecule has 1 aliphatic rings. The van der Waals surface area contributed by atoms with Crippen LogP contribution in [0.1, 0.15) is 12.8 Å². The molecule has 178 valence electrons. The lowest BCUT2D eigenvalue weighted by Gasteiger charge is -2.34. The molecule has 0 radical (unpaired) electrons. The van der Waals surface area contributed by atoms with E-state index in [4.69, 9.17) is 16.3 Å². The van der Waals surface area contributed by atoms with Crippen molar-refractivity contribution >= 4 is 39.8 Å². The molecule has 0 aliphatic carbocycles. The zero-order chi connectivity index (χ0) is 24.4. The highest BCUT2D eigenvalue weighted by Gasteiger charge is 2.29. The second-order valence-corrected chi connectivity index (χ2v) is 9.17. The highest BCUT2D eigenvalue weighted by molar-refractivity contribution is 6.31. The molecule has 2 N–H and O–H groups in total. The summed E-state index contributed by atoms with van der Waals surface area (Å²) < 4.78 is 5.19. The molecule has 3 aromatic carbocycles. The molecule has 1 aliphatic heterocycles. The third-order valence-electron chi connectivity index (χ3n) is 6.48. The van der Waals surface area contributed by atoms with Gasteiger partial charge in [-0.05, 0) is 60.9 Å². The van der Waals surface area contributed by atoms with Crippen molar-refractivity contribution in [3.63, 3.8) is 0 Å². The molecule has 1 fully saturated rings. The number of aromatic nitrogens is 1. The summed E-state index contributed by atoms with van der Waals surface area (Å²) in [5.41, 5.74) is 3.63. The monoisotopic (exact) mass is 487 g/mol. The number of carbonyl (C=O) groups is 1. The Morgan fingerprint density at radius 2 is 1.86 bits per heavy atom. The third kappa shape index (κ3) is 4.75. The van der Waals surface area contributed by atoms with Crippen molar-refractivity contribution in [1.29, 1.82) is 0 Å². The van der Waals surface area contributed by atoms with Gasteiger partial charge in [0.05, 0.1) is 13.0 Å². The van der Waals surface area contributed by atoms with Crippen molar-refractivity contribution in [1.82, 2.24) is 4.98 Å². The smallest absolute Gasteiger partial charge is 0.272 e. The van der Waals surface area contributed by atoms with E-state index in [-0.39, 0.29) is 17.4 Å². The molecule has 35 heavy (non-hydrogen) atoms. The van der Waals surface area contributed by atoms with Gasteiger partial charge >= 0.3 is 0 Å². The average molecular weight is 488 g/mol. The number of hydrogen-bond donors (Lipinski definition) is 2. The predicted octanol–water partition coefficient (Wildman–Crippen LogP) is 5.71. The largest absolute Gasteiger partial charge is 0.497 e. The van der Waals surface area contributed by atoms with Gasteiger partial charge in [-0.15, -0.1) is 0 Å². The van der Waals surface area contributed by atoms with Gasteiger partial charge in [0, 0.05) is 40.3 Å². The molecule has 0 saturated carbocycles. The fourth-order valence-corrected chi connectivity index (χ4v) is 4.94. The van der Waals surface area contributed by atoms with Crippen molar-refractivity contribution in [3.05, 3.63) is 88.2 Å². The zero-order valence-corrected chi connectivity index (χ0v) is 20.1. The number of H-pyrrole nitrogens is 1. The summed E-state index contributed by atoms with van der Waals surface area (Å²) in [4.78, 5) is 31.6. The fraction of sp³-hybridized carbons (Fsp3) is 0.214. The van der Waals surface area contributed by atoms with Crippen LogP contribution < -0.4 is 20.5 Å². The van der Waals surface area contributed by atoms with Crippen LogP contribution >= 0.6 is 11.6 Å². The number of piperidine rings is 1. The summed E-state index contributed by atoms with van der Waals surface area (Å²) in [7, 11) is 1.61. The van der Waals surface area contributed by atoms with Crippen LogP contribution in [0.5, 0.6) is 5.75 Å². The highest BCUT2D eigenvalue weighted by Crippen LogP contribution is 2.37. The number of amides is 1. The van der Waals surface area contributed by atoms with Gasteiger partial charge in [0.2, 0.25) is 5.91 Å². The van der Waals surface area contributed by atoms with Crippen LogP contribution in [0, 0.1) is 5.92 Å². The Hall–Kier alpha value is -3.77. The summed E-state index contributed by atoms with van der Waals surface area (Å²) in [5, 5.41) is 4.49. The van der Waals surface area contributed by atoms with Crippen molar-refractivity contribution < 1.29 is 9.53 Å². The molecule has 6 nitrogen and oxygen atoms in total. The molecule has 7 heteroatoms. The van der Waals surface area contributed by atoms with Crippen LogP contribution in [-0.4, -0.2) is 31.1 Å². The van der Waals surface area contributed by atoms with Gasteiger partial charge < -0.3 is 19.9 Å². The van der Waals surface area contributed by atoms with E-state index in [1.165, 1.54) is 0 Å². The van der Waals surface area contributed by atoms with Gasteiger partial charge in [0.1, 0.15) is 11.4 Å². The molecular formula is C28H26ClN3O3. The second-order valence-electron chi connectivity index (χ2n) is 8.74. The molecule has 1 amide bonds. The summed E-state index contributed by atoms with van der Waals surface area (Å²) in [6.07, 6.45) is 1.57. The number of nitrogens with zero attached hydrogens (tertiary/aromatic N) is 1. The normalized spacial score (nSPS) is 15.7. The van der Waals surface area contributed by atoms with Gasteiger partial charge in [-0.2, -0.15) is 0 Å². The van der Waals surface area contributed by atoms with Crippen molar-refractivity contribution in [2.75, 3.05) is 30.4 Å². The van der Waals surface area contributed by atoms with E-state index in [9.17, 15) is 9.59 Å². The Morgan fingerprint density at radius 3 is 2.60 bits per heavy atom. The Labute approximate surface area is 208 Å². The number of hydrogen-bond acceptors (Lipinski definition) is 4. The number of halogens is 1. The first kappa shape index (κ1) is 23.0. The number of fused-ring (bicyclic) bond motifs is 1. The first-order valence-electron chi connectivity index (χ1n) is 11.6. The van der Waals surface area contributed by atoms with E-state index in [2.05, 4.69) is 10.3 Å². The number of methoxy groups -OCH3 is 1. The van der Waals surface area contributed by atoms with E-state index >= 15 is 0 Å². The maximum absolute atomic E-state index is 13.4. The van der Waals surface area contributed by atoms with Crippen LogP contribution in [0.3, 0.4) is 0 Å². The average Bonchev–Trinajstić information content (AvgIpc) is 2.89. The first-order chi connectivity index (χ1) is 17.0. The molecule has 0 spiro atoms. The number of rotatable bonds is 5. The van der Waals surface area contributed by atoms with Crippen LogP contribution in [0.2, 0.25) is 5.02 Å². The molecule has 2 heterocycles. The minimum Gasteiger partial charge on any atom is -0.497 e. The molecule has 0 unspecified atom stereocenters. The Morgan fingerprint density at radius 1 is 1.09 bits per heavy atom. The number of pyridine rings is 1. The molecule has 4 aromatic rings. The summed E-state index contributed by atoms with van der Waals surface area (Å²) >= 11 is 6.35. The van der Waals surface area contributed by atoms with E-state index < -0.39 is 0 Å². The molecule has 1 atom stereocenters. The lowest BCUT2D eigenvalue weighted by Crippen LogP contribution is -2.43. The molecule has 1 saturated heterocycles. The Kier molecular flexibility index (Phi) is 6.47. The Balaban J connectivity index is 1.50. The minimum absolute atomic E-state index is 0.0543. The SMILES string of the molecule is COc1ccc(NC(=O)[C@@H]2CCCN(c3c(-c4ccccc4)c4cc(Cl)ccc4[nH]c3=O)C2)cc1. The molecular weight excluding hydrogens is 462 g/mol. The Bertz CT molecular complexity index is 1420. The number of aromatic amines is 1. The van der Waals surface area contributed by atoms with Gasteiger partial charge in [-0.1, -0.05) is 41.9 Å². The highest BCUT2D eigenvalue weighted by atomic mass is 35.5. The predicted molar refractivity (Wildman–Crippen MR) is 142 cm³/mol. The standard InChI is InChI=1S/C28H26ClN3O3/c1-35-22-12-10-21(11-13-22)30-27(33)19-8-5-15-32(17-19)26-25(18-6-3-2-4-7-18)23-16-20(29)9-14-24(23)31-28(26)34/h2-4,6-7,9-14,16,19H,5,8,15,17H2,1H3,(H,30,33)(H,31,34)/t19-/m1/s1. The van der Waals surface area contributed by atoms with Gasteiger partial charge in [-0.25, -0.2) is 0 Å². The number of carbonyl (C=O) groups excluding carboxylic acids is 1. The van der Waals surface area contributed by atoms with Crippen molar-refractivity contribution in [3.8, 4) is 16.9 Å². The lowest BCUT2D eigenvalue weighted by molar-refractivity contribution is -0.120. The van der Waals surface area contributed by atoms with Gasteiger partial charge in [0.25, 0.3) is 5.56 Å². The summed E-state index contributed by atoms with van der Waals surface area (Å²) in [6.45, 7) is 1.15. The summed E-state index contributed by atoms with van der Waals surface area (Å²) in [6, 6.07) is 22.6. The topological polar surface area (TPSA) is 74.4 Å². The minimum atomic E-state index is -0.246. The van der Waals surface area contributed by atoms with Crippen molar-refractivity contribution in [2.45, 2.75) is 12.8 Å². The third-order valence-corrected chi connectivity index (χ3v) is 6.71. The van der Waals surface area contributed by atoms with E-state index in [0.29, 0.717) is 23.8 Å². The lowest BCUT2D eigenvalue weighted by atomic mass is 9.93. The quantitative estimate of drug-likeness (QED) is 0.378. The maximum atomic E-state index is 13.4. The molecule has 0 bridgehead atoms. The first-order valence-corrected chi connectivity index (χ1v) is 12.0. The van der Waals surface area contributed by atoms with E-state index in [0.717, 1.165) is 46.3 Å². The fourth-order valence-electron chi connectivity index (χ4n) is 4.77. The van der Waals surface area contributed by atoms with Crippen molar-refractivity contribution in [2.24, 2.45) is 5.92 Å². The van der Waals surface area contributed by atoms with Gasteiger partial charge in [-0.3, -0.25) is 9.59 Å². The van der Waals surface area contributed by atoms with Crippen LogP contribution in [0.25, 0.3) is 22.0 Å². The van der Waals surface area contributed by atoms with E-state index in [1.54, 1.807) is 13.2 Å². The number of ether oxygens (including phenoxy) is 1. The van der Waals surface area contributed by atoms with E-state index in [1.807, 2.05) is 71.6 Å². The van der Waals surface area contributed by atoms with Crippen LogP contribution in [-0.2, 0) is 4.79 Å². The van der Waals surface area contributed by atoms with Gasteiger partial charge in [0.15, 0.2) is 0 Å². The number of nitrogens with one attached hydrogen (secondary N) is 2. The number of benzene rings is 3. The van der Waals surface area contributed by atoms with Crippen LogP contribution in [0.15, 0.2) is 77.6 Å². The second kappa shape index (κ2) is 9.84. The zero-order valence-electron chi connectivity index (χ0n) is 19.4. The maximum Gasteiger partial charge on any atom is 0.272 e.